The predicted molar refractivity (Wildman–Crippen MR) is 71.5 cm³/mol. The molecule has 0 spiro atoms. The minimum absolute atomic E-state index is 0.106. The fraction of sp³-hybridized carbons (Fsp3) is 0.533. The maximum atomic E-state index is 12.0. The molecule has 1 unspecified atom stereocenters. The van der Waals surface area contributed by atoms with Crippen LogP contribution in [-0.4, -0.2) is 18.4 Å². The minimum Gasteiger partial charge on any atom is -0.362 e. The van der Waals surface area contributed by atoms with E-state index in [0.29, 0.717) is 5.78 Å². The second kappa shape index (κ2) is 5.35. The van der Waals surface area contributed by atoms with E-state index in [1.54, 1.807) is 0 Å². The molecule has 92 valence electrons. The Kier molecular flexibility index (Phi) is 3.82. The third kappa shape index (κ3) is 2.51. The molecule has 1 saturated carbocycles. The first-order chi connectivity index (χ1) is 8.24. The second-order valence-corrected chi connectivity index (χ2v) is 4.80. The lowest BCUT2D eigenvalue weighted by atomic mass is 9.92. The summed E-state index contributed by atoms with van der Waals surface area (Å²) in [5.41, 5.74) is 2.47. The van der Waals surface area contributed by atoms with Gasteiger partial charge in [0.25, 0.3) is 0 Å². The fourth-order valence-electron chi connectivity index (χ4n) is 2.74. The highest BCUT2D eigenvalue weighted by atomic mass is 16.1. The lowest BCUT2D eigenvalue weighted by Crippen LogP contribution is -2.43. The summed E-state index contributed by atoms with van der Waals surface area (Å²) in [6.45, 7) is 5.15. The number of aryl methyl sites for hydroxylation is 1. The summed E-state index contributed by atoms with van der Waals surface area (Å²) >= 11 is 0. The lowest BCUT2D eigenvalue weighted by molar-refractivity contribution is -0.121. The Balaban J connectivity index is 2.26. The van der Waals surface area contributed by atoms with Crippen LogP contribution in [-0.2, 0) is 4.79 Å². The predicted octanol–water partition coefficient (Wildman–Crippen LogP) is 3.33. The third-order valence-corrected chi connectivity index (χ3v) is 3.66. The quantitative estimate of drug-likeness (QED) is 0.795. The number of hydrogen-bond acceptors (Lipinski definition) is 2. The van der Waals surface area contributed by atoms with Gasteiger partial charge < -0.3 is 4.90 Å². The zero-order chi connectivity index (χ0) is 12.3. The summed E-state index contributed by atoms with van der Waals surface area (Å²) in [5, 5.41) is 0. The van der Waals surface area contributed by atoms with Crippen molar-refractivity contribution >= 4 is 11.5 Å². The van der Waals surface area contributed by atoms with E-state index >= 15 is 0 Å². The molecule has 0 N–H and O–H groups in total. The van der Waals surface area contributed by atoms with E-state index in [4.69, 9.17) is 0 Å². The summed E-state index contributed by atoms with van der Waals surface area (Å²) in [4.78, 5) is 14.3. The van der Waals surface area contributed by atoms with Crippen molar-refractivity contribution in [1.29, 1.82) is 0 Å². The van der Waals surface area contributed by atoms with Crippen molar-refractivity contribution in [2.45, 2.75) is 45.6 Å². The molecule has 0 aromatic heterocycles. The van der Waals surface area contributed by atoms with Gasteiger partial charge in [-0.15, -0.1) is 0 Å². The standard InChI is InChI=1S/C15H21NO/c1-3-16(13-9-5-4-8-12(13)2)14-10-6-7-11-15(14)17/h4-5,8-9,14H,3,6-7,10-11H2,1-2H3. The molecule has 2 nitrogen and oxygen atoms in total. The van der Waals surface area contributed by atoms with Crippen molar-refractivity contribution in [2.24, 2.45) is 0 Å². The highest BCUT2D eigenvalue weighted by Crippen LogP contribution is 2.27. The number of ketones is 1. The summed E-state index contributed by atoms with van der Waals surface area (Å²) < 4.78 is 0. The van der Waals surface area contributed by atoms with Crippen molar-refractivity contribution in [3.05, 3.63) is 29.8 Å². The van der Waals surface area contributed by atoms with Crippen LogP contribution >= 0.6 is 0 Å². The van der Waals surface area contributed by atoms with E-state index in [9.17, 15) is 4.79 Å². The first-order valence-corrected chi connectivity index (χ1v) is 6.59. The zero-order valence-electron chi connectivity index (χ0n) is 10.8. The van der Waals surface area contributed by atoms with E-state index in [0.717, 1.165) is 25.8 Å². The molecule has 2 rings (SSSR count). The number of Topliss-reactive ketones (excluding diaryl/α,β-unsaturated/α-hetero) is 1. The van der Waals surface area contributed by atoms with Crippen molar-refractivity contribution in [1.82, 2.24) is 0 Å². The second-order valence-electron chi connectivity index (χ2n) is 4.80. The van der Waals surface area contributed by atoms with Gasteiger partial charge in [0, 0.05) is 18.7 Å². The molecule has 0 saturated heterocycles. The molecule has 1 aliphatic carbocycles. The van der Waals surface area contributed by atoms with Crippen molar-refractivity contribution in [3.8, 4) is 0 Å². The average Bonchev–Trinajstić information content (AvgIpc) is 2.34. The van der Waals surface area contributed by atoms with Crippen LogP contribution < -0.4 is 4.90 Å². The molecule has 0 bridgehead atoms. The van der Waals surface area contributed by atoms with Crippen LogP contribution in [0.1, 0.15) is 38.2 Å². The molecule has 0 heterocycles. The normalized spacial score (nSPS) is 20.4. The van der Waals surface area contributed by atoms with E-state index in [1.165, 1.54) is 17.7 Å². The van der Waals surface area contributed by atoms with Gasteiger partial charge in [0.2, 0.25) is 0 Å². The van der Waals surface area contributed by atoms with Gasteiger partial charge in [-0.05, 0) is 38.3 Å². The van der Waals surface area contributed by atoms with Crippen LogP contribution in [0.25, 0.3) is 0 Å². The number of rotatable bonds is 3. The first kappa shape index (κ1) is 12.2. The van der Waals surface area contributed by atoms with E-state index < -0.39 is 0 Å². The summed E-state index contributed by atoms with van der Waals surface area (Å²) in [7, 11) is 0. The molecule has 17 heavy (non-hydrogen) atoms. The number of benzene rings is 1. The van der Waals surface area contributed by atoms with Gasteiger partial charge in [-0.3, -0.25) is 4.79 Å². The van der Waals surface area contributed by atoms with Crippen molar-refractivity contribution in [3.63, 3.8) is 0 Å². The van der Waals surface area contributed by atoms with Crippen LogP contribution in [0.15, 0.2) is 24.3 Å². The first-order valence-electron chi connectivity index (χ1n) is 6.59. The van der Waals surface area contributed by atoms with Crippen molar-refractivity contribution < 1.29 is 4.79 Å². The SMILES string of the molecule is CCN(c1ccccc1C)C1CCCCC1=O. The largest absolute Gasteiger partial charge is 0.362 e. The van der Waals surface area contributed by atoms with Gasteiger partial charge in [0.15, 0.2) is 5.78 Å². The highest BCUT2D eigenvalue weighted by Gasteiger charge is 2.27. The smallest absolute Gasteiger partial charge is 0.155 e. The Morgan fingerprint density at radius 2 is 2.06 bits per heavy atom. The van der Waals surface area contributed by atoms with E-state index in [-0.39, 0.29) is 6.04 Å². The number of anilines is 1. The Morgan fingerprint density at radius 3 is 2.71 bits per heavy atom. The maximum absolute atomic E-state index is 12.0. The number of hydrogen-bond donors (Lipinski definition) is 0. The van der Waals surface area contributed by atoms with Crippen molar-refractivity contribution in [2.75, 3.05) is 11.4 Å². The summed E-state index contributed by atoms with van der Waals surface area (Å²) in [6, 6.07) is 8.45. The summed E-state index contributed by atoms with van der Waals surface area (Å²) in [6.07, 6.45) is 4.02. The number of para-hydroxylation sites is 1. The van der Waals surface area contributed by atoms with Crippen LogP contribution in [0.3, 0.4) is 0 Å². The monoisotopic (exact) mass is 231 g/mol. The van der Waals surface area contributed by atoms with E-state index in [2.05, 4.69) is 43.0 Å². The van der Waals surface area contributed by atoms with Gasteiger partial charge in [0.05, 0.1) is 6.04 Å². The van der Waals surface area contributed by atoms with Gasteiger partial charge >= 0.3 is 0 Å². The zero-order valence-corrected chi connectivity index (χ0v) is 10.8. The average molecular weight is 231 g/mol. The Morgan fingerprint density at radius 1 is 1.29 bits per heavy atom. The Bertz CT molecular complexity index is 400. The van der Waals surface area contributed by atoms with Crippen LogP contribution in [0, 0.1) is 6.92 Å². The molecule has 0 radical (unpaired) electrons. The van der Waals surface area contributed by atoms with Crippen LogP contribution in [0.4, 0.5) is 5.69 Å². The lowest BCUT2D eigenvalue weighted by Gasteiger charge is -2.35. The number of carbonyl (C=O) groups is 1. The number of likely N-dealkylation sites (N-methyl/N-ethyl adjacent to an activating group) is 1. The van der Waals surface area contributed by atoms with Gasteiger partial charge in [-0.2, -0.15) is 0 Å². The third-order valence-electron chi connectivity index (χ3n) is 3.66. The molecular weight excluding hydrogens is 210 g/mol. The number of nitrogens with zero attached hydrogens (tertiary/aromatic N) is 1. The molecule has 2 heteroatoms. The topological polar surface area (TPSA) is 20.3 Å². The molecule has 1 fully saturated rings. The minimum atomic E-state index is 0.106. The molecule has 1 aromatic rings. The van der Waals surface area contributed by atoms with Gasteiger partial charge in [-0.1, -0.05) is 24.6 Å². The molecule has 1 aliphatic rings. The van der Waals surface area contributed by atoms with Gasteiger partial charge in [-0.25, -0.2) is 0 Å². The molecular formula is C15H21NO. The maximum Gasteiger partial charge on any atom is 0.155 e. The molecule has 0 amide bonds. The number of carbonyl (C=O) groups excluding carboxylic acids is 1. The molecule has 0 aliphatic heterocycles. The van der Waals surface area contributed by atoms with Gasteiger partial charge in [0.1, 0.15) is 0 Å². The summed E-state index contributed by atoms with van der Waals surface area (Å²) in [5.74, 6) is 0.418. The van der Waals surface area contributed by atoms with E-state index in [1.807, 2.05) is 0 Å². The fourth-order valence-corrected chi connectivity index (χ4v) is 2.74. The van der Waals surface area contributed by atoms with Crippen LogP contribution in [0.5, 0.6) is 0 Å². The Hall–Kier alpha value is -1.31. The highest BCUT2D eigenvalue weighted by molar-refractivity contribution is 5.88. The Labute approximate surface area is 104 Å². The molecule has 1 aromatic carbocycles. The molecule has 1 atom stereocenters. The van der Waals surface area contributed by atoms with Crippen LogP contribution in [0.2, 0.25) is 0 Å².